The third-order valence-corrected chi connectivity index (χ3v) is 3.97. The van der Waals surface area contributed by atoms with Gasteiger partial charge < -0.3 is 4.43 Å². The Morgan fingerprint density at radius 2 is 1.88 bits per heavy atom. The Morgan fingerprint density at radius 3 is 2.12 bits per heavy atom. The van der Waals surface area contributed by atoms with Gasteiger partial charge in [0.05, 0.1) is 5.38 Å². The van der Waals surface area contributed by atoms with Crippen molar-refractivity contribution in [3.63, 3.8) is 0 Å². The average molecular weight is 263 g/mol. The highest BCUT2D eigenvalue weighted by atomic mass is 35.5. The predicted molar refractivity (Wildman–Crippen MR) is 72.6 cm³/mol. The molecule has 0 aromatic carbocycles. The number of carbonyl (C=O) groups is 1. The van der Waals surface area contributed by atoms with E-state index in [0.29, 0.717) is 5.57 Å². The third kappa shape index (κ3) is 4.04. The van der Waals surface area contributed by atoms with Crippen LogP contribution in [0.1, 0.15) is 27.7 Å². The van der Waals surface area contributed by atoms with Crippen molar-refractivity contribution in [2.75, 3.05) is 0 Å². The van der Waals surface area contributed by atoms with Gasteiger partial charge in [0.25, 0.3) is 0 Å². The molecule has 0 bridgehead atoms. The van der Waals surface area contributed by atoms with Crippen LogP contribution in [0.4, 0.5) is 0 Å². The Balaban J connectivity index is 5.21. The summed E-state index contributed by atoms with van der Waals surface area (Å²) in [6, 6.07) is 0. The van der Waals surface area contributed by atoms with Crippen molar-refractivity contribution in [3.05, 3.63) is 11.6 Å². The number of hydrogen-bond acceptors (Lipinski definition) is 2. The van der Waals surface area contributed by atoms with E-state index in [9.17, 15) is 4.79 Å². The monoisotopic (exact) mass is 262 g/mol. The molecule has 0 heterocycles. The molecule has 0 fully saturated rings. The van der Waals surface area contributed by atoms with E-state index in [-0.39, 0.29) is 11.2 Å². The van der Waals surface area contributed by atoms with Crippen LogP contribution in [0.25, 0.3) is 0 Å². The van der Waals surface area contributed by atoms with Crippen LogP contribution in [-0.4, -0.2) is 25.1 Å². The second-order valence-electron chi connectivity index (χ2n) is 5.24. The molecule has 0 aliphatic heterocycles. The van der Waals surface area contributed by atoms with Crippen LogP contribution in [0.15, 0.2) is 11.6 Å². The van der Waals surface area contributed by atoms with Crippen LogP contribution in [-0.2, 0) is 9.22 Å². The summed E-state index contributed by atoms with van der Waals surface area (Å²) in [7, 11) is -1.81. The minimum atomic E-state index is -1.81. The van der Waals surface area contributed by atoms with Gasteiger partial charge in [0.15, 0.2) is 14.1 Å². The SMILES string of the molecule is C/C=C(/C)C(=O)C(C)(O[Si](C)(C)C)C(C)Cl. The Morgan fingerprint density at radius 1 is 1.44 bits per heavy atom. The van der Waals surface area contributed by atoms with Crippen molar-refractivity contribution in [3.8, 4) is 0 Å². The second-order valence-corrected chi connectivity index (χ2v) is 10.3. The lowest BCUT2D eigenvalue weighted by molar-refractivity contribution is -0.129. The normalized spacial score (nSPS) is 19.1. The van der Waals surface area contributed by atoms with E-state index < -0.39 is 13.9 Å². The number of halogens is 1. The van der Waals surface area contributed by atoms with Crippen LogP contribution in [0, 0.1) is 0 Å². The number of alkyl halides is 1. The molecule has 2 unspecified atom stereocenters. The summed E-state index contributed by atoms with van der Waals surface area (Å²) in [5, 5.41) is -0.346. The smallest absolute Gasteiger partial charge is 0.190 e. The fourth-order valence-corrected chi connectivity index (χ4v) is 3.23. The molecule has 0 amide bonds. The van der Waals surface area contributed by atoms with Gasteiger partial charge in [-0.1, -0.05) is 6.08 Å². The highest BCUT2D eigenvalue weighted by molar-refractivity contribution is 6.70. The molecule has 0 aliphatic carbocycles. The Hall–Kier alpha value is -0.123. The van der Waals surface area contributed by atoms with E-state index in [0.717, 1.165) is 0 Å². The molecule has 0 aliphatic rings. The summed E-state index contributed by atoms with van der Waals surface area (Å²) in [5.41, 5.74) is -0.212. The molecule has 0 aromatic rings. The van der Waals surface area contributed by atoms with Crippen molar-refractivity contribution >= 4 is 25.7 Å². The van der Waals surface area contributed by atoms with Crippen molar-refractivity contribution in [2.24, 2.45) is 0 Å². The van der Waals surface area contributed by atoms with Crippen molar-refractivity contribution in [1.82, 2.24) is 0 Å². The van der Waals surface area contributed by atoms with Crippen LogP contribution >= 0.6 is 11.6 Å². The van der Waals surface area contributed by atoms with Crippen molar-refractivity contribution in [2.45, 2.75) is 58.3 Å². The van der Waals surface area contributed by atoms with Crippen molar-refractivity contribution in [1.29, 1.82) is 0 Å². The quantitative estimate of drug-likeness (QED) is 0.428. The number of allylic oxidation sites excluding steroid dienone is 1. The number of hydrogen-bond donors (Lipinski definition) is 0. The molecule has 0 saturated heterocycles. The lowest BCUT2D eigenvalue weighted by Gasteiger charge is -2.37. The van der Waals surface area contributed by atoms with Gasteiger partial charge in [-0.3, -0.25) is 4.79 Å². The van der Waals surface area contributed by atoms with E-state index >= 15 is 0 Å². The molecule has 94 valence electrons. The lowest BCUT2D eigenvalue weighted by Crippen LogP contribution is -2.52. The minimum Gasteiger partial charge on any atom is -0.404 e. The maximum Gasteiger partial charge on any atom is 0.190 e. The first-order chi connectivity index (χ1) is 7.04. The molecule has 2 atom stereocenters. The standard InChI is InChI=1S/C12H23ClO2Si/c1-8-9(2)11(14)12(4,10(3)13)15-16(5,6)7/h8,10H,1-7H3/b9-8-. The molecule has 0 rings (SSSR count). The Bertz CT molecular complexity index is 292. The van der Waals surface area contributed by atoms with E-state index in [1.165, 1.54) is 0 Å². The van der Waals surface area contributed by atoms with Gasteiger partial charge >= 0.3 is 0 Å². The summed E-state index contributed by atoms with van der Waals surface area (Å²) < 4.78 is 5.99. The topological polar surface area (TPSA) is 26.3 Å². The summed E-state index contributed by atoms with van der Waals surface area (Å²) in [6.07, 6.45) is 1.80. The first-order valence-electron chi connectivity index (χ1n) is 5.56. The number of ketones is 1. The minimum absolute atomic E-state index is 0.0140. The van der Waals surface area contributed by atoms with Crippen LogP contribution in [0.5, 0.6) is 0 Å². The summed E-state index contributed by atoms with van der Waals surface area (Å²) in [6.45, 7) is 13.4. The molecule has 0 spiro atoms. The molecule has 4 heteroatoms. The second kappa shape index (κ2) is 5.47. The van der Waals surface area contributed by atoms with Gasteiger partial charge in [-0.15, -0.1) is 11.6 Å². The molecule has 16 heavy (non-hydrogen) atoms. The zero-order valence-electron chi connectivity index (χ0n) is 11.3. The molecule has 0 aromatic heterocycles. The van der Waals surface area contributed by atoms with Gasteiger partial charge in [0.1, 0.15) is 5.60 Å². The number of carbonyl (C=O) groups excluding carboxylic acids is 1. The molecular formula is C12H23ClO2Si. The Kier molecular flexibility index (Phi) is 5.43. The first-order valence-corrected chi connectivity index (χ1v) is 9.41. The summed E-state index contributed by atoms with van der Waals surface area (Å²) in [5.74, 6) is -0.0140. The van der Waals surface area contributed by atoms with Gasteiger partial charge in [-0.2, -0.15) is 0 Å². The third-order valence-electron chi connectivity index (χ3n) is 2.52. The lowest BCUT2D eigenvalue weighted by atomic mass is 9.92. The molecule has 2 nitrogen and oxygen atoms in total. The van der Waals surface area contributed by atoms with Gasteiger partial charge in [-0.25, -0.2) is 0 Å². The average Bonchev–Trinajstić information content (AvgIpc) is 2.12. The fourth-order valence-electron chi connectivity index (χ4n) is 1.47. The van der Waals surface area contributed by atoms with Crippen LogP contribution in [0.3, 0.4) is 0 Å². The van der Waals surface area contributed by atoms with Gasteiger partial charge in [0, 0.05) is 0 Å². The van der Waals surface area contributed by atoms with E-state index in [4.69, 9.17) is 16.0 Å². The highest BCUT2D eigenvalue weighted by Gasteiger charge is 2.42. The summed E-state index contributed by atoms with van der Waals surface area (Å²) >= 11 is 6.14. The highest BCUT2D eigenvalue weighted by Crippen LogP contribution is 2.28. The number of Topliss-reactive ketones (excluding diaryl/α,β-unsaturated/α-hetero) is 1. The van der Waals surface area contributed by atoms with Gasteiger partial charge in [-0.05, 0) is 52.9 Å². The van der Waals surface area contributed by atoms with E-state index in [1.807, 2.05) is 13.8 Å². The summed E-state index contributed by atoms with van der Waals surface area (Å²) in [4.78, 5) is 12.3. The van der Waals surface area contributed by atoms with Crippen LogP contribution in [0.2, 0.25) is 19.6 Å². The van der Waals surface area contributed by atoms with E-state index in [2.05, 4.69) is 19.6 Å². The van der Waals surface area contributed by atoms with Crippen LogP contribution < -0.4 is 0 Å². The Labute approximate surface area is 105 Å². The molecule has 0 radical (unpaired) electrons. The van der Waals surface area contributed by atoms with Gasteiger partial charge in [0.2, 0.25) is 0 Å². The maximum atomic E-state index is 12.3. The molecule has 0 saturated carbocycles. The maximum absolute atomic E-state index is 12.3. The largest absolute Gasteiger partial charge is 0.404 e. The zero-order chi connectivity index (χ0) is 13.1. The molecule has 0 N–H and O–H groups in total. The number of rotatable bonds is 5. The zero-order valence-corrected chi connectivity index (χ0v) is 13.1. The predicted octanol–water partition coefficient (Wildman–Crippen LogP) is 3.76. The fraction of sp³-hybridized carbons (Fsp3) is 0.750. The van der Waals surface area contributed by atoms with E-state index in [1.54, 1.807) is 19.9 Å². The first kappa shape index (κ1) is 15.9. The molecular weight excluding hydrogens is 240 g/mol. The van der Waals surface area contributed by atoms with Crippen molar-refractivity contribution < 1.29 is 9.22 Å².